The lowest BCUT2D eigenvalue weighted by Gasteiger charge is -2.31. The summed E-state index contributed by atoms with van der Waals surface area (Å²) in [5, 5.41) is 2.94. The first-order chi connectivity index (χ1) is 15.5. The Bertz CT molecular complexity index is 1160. The SMILES string of the molecule is CCOC(=O)c1c(S(=O)(=O)N2CCC[C@@H](C(=O)Nc3cc(C)cc(C)c3)C2)c(C)n(C)c1C. The molecule has 180 valence electrons. The van der Waals surface area contributed by atoms with E-state index in [0.29, 0.717) is 36.5 Å². The van der Waals surface area contributed by atoms with E-state index in [9.17, 15) is 18.0 Å². The van der Waals surface area contributed by atoms with Crippen molar-refractivity contribution < 1.29 is 22.7 Å². The Labute approximate surface area is 196 Å². The molecule has 0 unspecified atom stereocenters. The Kier molecular flexibility index (Phi) is 7.33. The lowest BCUT2D eigenvalue weighted by Crippen LogP contribution is -2.44. The normalized spacial score (nSPS) is 17.1. The van der Waals surface area contributed by atoms with E-state index in [1.165, 1.54) is 4.31 Å². The third-order valence-corrected chi connectivity index (χ3v) is 8.27. The Hall–Kier alpha value is -2.65. The van der Waals surface area contributed by atoms with Crippen LogP contribution in [0.15, 0.2) is 23.1 Å². The molecule has 1 fully saturated rings. The van der Waals surface area contributed by atoms with Crippen molar-refractivity contribution >= 4 is 27.6 Å². The third kappa shape index (κ3) is 4.99. The van der Waals surface area contributed by atoms with Crippen molar-refractivity contribution in [1.82, 2.24) is 8.87 Å². The minimum Gasteiger partial charge on any atom is -0.462 e. The van der Waals surface area contributed by atoms with Crippen LogP contribution in [-0.4, -0.2) is 48.9 Å². The summed E-state index contributed by atoms with van der Waals surface area (Å²) in [6.07, 6.45) is 1.16. The topological polar surface area (TPSA) is 97.7 Å². The molecule has 0 aliphatic carbocycles. The van der Waals surface area contributed by atoms with Gasteiger partial charge in [-0.3, -0.25) is 4.79 Å². The summed E-state index contributed by atoms with van der Waals surface area (Å²) in [6, 6.07) is 5.81. The molecule has 0 spiro atoms. The quantitative estimate of drug-likeness (QED) is 0.645. The van der Waals surface area contributed by atoms with Gasteiger partial charge in [0.2, 0.25) is 15.9 Å². The first-order valence-electron chi connectivity index (χ1n) is 11.2. The molecule has 1 saturated heterocycles. The maximum atomic E-state index is 13.7. The van der Waals surface area contributed by atoms with Crippen molar-refractivity contribution in [3.8, 4) is 0 Å². The summed E-state index contributed by atoms with van der Waals surface area (Å²) in [5.41, 5.74) is 3.86. The largest absolute Gasteiger partial charge is 0.462 e. The van der Waals surface area contributed by atoms with Crippen molar-refractivity contribution in [2.45, 2.75) is 52.4 Å². The van der Waals surface area contributed by atoms with Crippen LogP contribution in [0.4, 0.5) is 5.69 Å². The smallest absolute Gasteiger partial charge is 0.341 e. The molecule has 2 aromatic rings. The fraction of sp³-hybridized carbons (Fsp3) is 0.500. The van der Waals surface area contributed by atoms with Gasteiger partial charge in [-0.05, 0) is 70.7 Å². The van der Waals surface area contributed by atoms with Gasteiger partial charge in [-0.1, -0.05) is 6.07 Å². The van der Waals surface area contributed by atoms with E-state index >= 15 is 0 Å². The number of esters is 1. The number of aryl methyl sites for hydroxylation is 2. The van der Waals surface area contributed by atoms with Crippen molar-refractivity contribution in [3.63, 3.8) is 0 Å². The number of ether oxygens (including phenoxy) is 1. The highest BCUT2D eigenvalue weighted by Gasteiger charge is 2.39. The molecule has 1 aliphatic heterocycles. The highest BCUT2D eigenvalue weighted by Crippen LogP contribution is 2.32. The van der Waals surface area contributed by atoms with Crippen molar-refractivity contribution in [2.24, 2.45) is 13.0 Å². The number of amides is 1. The zero-order chi connectivity index (χ0) is 24.5. The first-order valence-corrected chi connectivity index (χ1v) is 12.6. The number of sulfonamides is 1. The van der Waals surface area contributed by atoms with Gasteiger partial charge in [0.25, 0.3) is 0 Å². The second-order valence-electron chi connectivity index (χ2n) is 8.72. The number of rotatable bonds is 6. The molecule has 9 heteroatoms. The van der Waals surface area contributed by atoms with Crippen LogP contribution in [0, 0.1) is 33.6 Å². The average Bonchev–Trinajstić information content (AvgIpc) is 2.98. The monoisotopic (exact) mass is 475 g/mol. The summed E-state index contributed by atoms with van der Waals surface area (Å²) < 4.78 is 35.5. The molecule has 8 nitrogen and oxygen atoms in total. The minimum atomic E-state index is -4.01. The number of carbonyl (C=O) groups is 2. The predicted molar refractivity (Wildman–Crippen MR) is 127 cm³/mol. The van der Waals surface area contributed by atoms with Crippen LogP contribution < -0.4 is 5.32 Å². The molecule has 1 aromatic carbocycles. The van der Waals surface area contributed by atoms with Crippen LogP contribution in [0.5, 0.6) is 0 Å². The second-order valence-corrected chi connectivity index (χ2v) is 10.6. The van der Waals surface area contributed by atoms with E-state index in [4.69, 9.17) is 4.74 Å². The van der Waals surface area contributed by atoms with E-state index < -0.39 is 21.9 Å². The molecule has 2 heterocycles. The lowest BCUT2D eigenvalue weighted by molar-refractivity contribution is -0.120. The number of nitrogens with one attached hydrogen (secondary N) is 1. The van der Waals surface area contributed by atoms with Crippen molar-refractivity contribution in [2.75, 3.05) is 25.0 Å². The Morgan fingerprint density at radius 2 is 1.73 bits per heavy atom. The number of benzene rings is 1. The summed E-state index contributed by atoms with van der Waals surface area (Å²) >= 11 is 0. The maximum Gasteiger partial charge on any atom is 0.341 e. The standard InChI is InChI=1S/C24H33N3O5S/c1-7-32-24(29)21-17(4)26(6)18(5)22(21)33(30,31)27-10-8-9-19(14-27)23(28)25-20-12-15(2)11-16(3)13-20/h11-13,19H,7-10,14H2,1-6H3,(H,25,28)/t19-/m1/s1. The molecule has 1 atom stereocenters. The molecule has 33 heavy (non-hydrogen) atoms. The highest BCUT2D eigenvalue weighted by atomic mass is 32.2. The van der Waals surface area contributed by atoms with Gasteiger partial charge in [-0.2, -0.15) is 4.31 Å². The number of nitrogens with zero attached hydrogens (tertiary/aromatic N) is 2. The van der Waals surface area contributed by atoms with Gasteiger partial charge in [0.1, 0.15) is 10.5 Å². The molecule has 1 amide bonds. The Morgan fingerprint density at radius 3 is 2.33 bits per heavy atom. The molecule has 1 N–H and O–H groups in total. The van der Waals surface area contributed by atoms with Crippen molar-refractivity contribution in [3.05, 3.63) is 46.3 Å². The zero-order valence-corrected chi connectivity index (χ0v) is 21.0. The van der Waals surface area contributed by atoms with Crippen LogP contribution in [0.25, 0.3) is 0 Å². The van der Waals surface area contributed by atoms with E-state index in [-0.39, 0.29) is 29.5 Å². The highest BCUT2D eigenvalue weighted by molar-refractivity contribution is 7.89. The van der Waals surface area contributed by atoms with Crippen LogP contribution in [0.1, 0.15) is 52.6 Å². The average molecular weight is 476 g/mol. The molecule has 0 radical (unpaired) electrons. The number of hydrogen-bond acceptors (Lipinski definition) is 5. The van der Waals surface area contributed by atoms with Gasteiger partial charge < -0.3 is 14.6 Å². The minimum absolute atomic E-state index is 0.0312. The van der Waals surface area contributed by atoms with Crippen LogP contribution in [0.2, 0.25) is 0 Å². The van der Waals surface area contributed by atoms with Gasteiger partial charge in [0.05, 0.1) is 12.5 Å². The molecule has 0 saturated carbocycles. The van der Waals surface area contributed by atoms with Crippen molar-refractivity contribution in [1.29, 1.82) is 0 Å². The second kappa shape index (κ2) is 9.69. The summed E-state index contributed by atoms with van der Waals surface area (Å²) in [4.78, 5) is 25.6. The van der Waals surface area contributed by atoms with E-state index in [1.54, 1.807) is 32.4 Å². The van der Waals surface area contributed by atoms with Crippen LogP contribution in [-0.2, 0) is 26.6 Å². The first kappa shape index (κ1) is 25.0. The third-order valence-electron chi connectivity index (χ3n) is 6.25. The molecule has 1 aliphatic rings. The van der Waals surface area contributed by atoms with Gasteiger partial charge in [0, 0.05) is 37.2 Å². The molecular weight excluding hydrogens is 442 g/mol. The van der Waals surface area contributed by atoms with E-state index in [0.717, 1.165) is 11.1 Å². The molecule has 1 aromatic heterocycles. The predicted octanol–water partition coefficient (Wildman–Crippen LogP) is 3.47. The number of hydrogen-bond donors (Lipinski definition) is 1. The molecule has 0 bridgehead atoms. The van der Waals surface area contributed by atoms with Crippen LogP contribution in [0.3, 0.4) is 0 Å². The van der Waals surface area contributed by atoms with Gasteiger partial charge >= 0.3 is 5.97 Å². The summed E-state index contributed by atoms with van der Waals surface area (Å²) in [5.74, 6) is -1.34. The number of aromatic nitrogens is 1. The summed E-state index contributed by atoms with van der Waals surface area (Å²) in [7, 11) is -2.28. The van der Waals surface area contributed by atoms with E-state index in [2.05, 4.69) is 5.32 Å². The molecule has 3 rings (SSSR count). The van der Waals surface area contributed by atoms with Gasteiger partial charge in [-0.15, -0.1) is 0 Å². The summed E-state index contributed by atoms with van der Waals surface area (Å²) in [6.45, 7) is 9.49. The zero-order valence-electron chi connectivity index (χ0n) is 20.2. The van der Waals surface area contributed by atoms with Gasteiger partial charge in [0.15, 0.2) is 0 Å². The molecular formula is C24H33N3O5S. The van der Waals surface area contributed by atoms with E-state index in [1.807, 2.05) is 32.0 Å². The Balaban J connectivity index is 1.88. The number of anilines is 1. The maximum absolute atomic E-state index is 13.7. The number of piperidine rings is 1. The fourth-order valence-electron chi connectivity index (χ4n) is 4.47. The Morgan fingerprint density at radius 1 is 1.09 bits per heavy atom. The fourth-order valence-corrected chi connectivity index (χ4v) is 6.47. The van der Waals surface area contributed by atoms with Crippen LogP contribution >= 0.6 is 0 Å². The number of carbonyl (C=O) groups excluding carboxylic acids is 2. The lowest BCUT2D eigenvalue weighted by atomic mass is 9.98. The van der Waals surface area contributed by atoms with Gasteiger partial charge in [-0.25, -0.2) is 13.2 Å².